The number of benzene rings is 1. The van der Waals surface area contributed by atoms with Gasteiger partial charge in [-0.15, -0.1) is 0 Å². The Kier molecular flexibility index (Phi) is 5.34. The van der Waals surface area contributed by atoms with E-state index in [2.05, 4.69) is 19.2 Å². The normalized spacial score (nSPS) is 22.0. The summed E-state index contributed by atoms with van der Waals surface area (Å²) in [5.74, 6) is 0.322. The lowest BCUT2D eigenvalue weighted by molar-refractivity contribution is 0.177. The van der Waals surface area contributed by atoms with Gasteiger partial charge in [-0.05, 0) is 30.9 Å². The predicted octanol–water partition coefficient (Wildman–Crippen LogP) is 2.52. The summed E-state index contributed by atoms with van der Waals surface area (Å²) in [4.78, 5) is 14.3. The molecule has 2 rings (SSSR count). The van der Waals surface area contributed by atoms with E-state index in [1.54, 1.807) is 11.8 Å². The maximum Gasteiger partial charge on any atom is 0.318 e. The minimum absolute atomic E-state index is 0.0388. The summed E-state index contributed by atoms with van der Waals surface area (Å²) in [6, 6.07) is 7.45. The maximum absolute atomic E-state index is 12.6. The summed E-state index contributed by atoms with van der Waals surface area (Å²) >= 11 is 0. The van der Waals surface area contributed by atoms with Gasteiger partial charge in [0.2, 0.25) is 0 Å². The van der Waals surface area contributed by atoms with Crippen molar-refractivity contribution in [2.24, 2.45) is 5.92 Å². The van der Waals surface area contributed by atoms with E-state index in [0.717, 1.165) is 11.1 Å². The van der Waals surface area contributed by atoms with E-state index in [4.69, 9.17) is 0 Å². The van der Waals surface area contributed by atoms with Crippen molar-refractivity contribution in [2.45, 2.75) is 39.8 Å². The Morgan fingerprint density at radius 2 is 1.96 bits per heavy atom. The molecule has 2 amide bonds. The summed E-state index contributed by atoms with van der Waals surface area (Å²) in [5, 5.41) is 3.09. The molecule has 1 aromatic rings. The zero-order valence-electron chi connectivity index (χ0n) is 14.2. The average molecular weight is 338 g/mol. The summed E-state index contributed by atoms with van der Waals surface area (Å²) in [5.41, 5.74) is 2.24. The van der Waals surface area contributed by atoms with Crippen LogP contribution in [0.15, 0.2) is 24.3 Å². The minimum Gasteiger partial charge on any atom is -0.331 e. The predicted molar refractivity (Wildman–Crippen MR) is 92.1 cm³/mol. The van der Waals surface area contributed by atoms with Crippen LogP contribution in [-0.2, 0) is 9.84 Å². The molecule has 1 aliphatic heterocycles. The summed E-state index contributed by atoms with van der Waals surface area (Å²) in [6.45, 7) is 8.22. The number of carbonyl (C=O) groups excluding carboxylic acids is 1. The van der Waals surface area contributed by atoms with Crippen LogP contribution < -0.4 is 5.32 Å². The van der Waals surface area contributed by atoms with E-state index in [1.165, 1.54) is 0 Å². The van der Waals surface area contributed by atoms with Crippen molar-refractivity contribution in [3.63, 3.8) is 0 Å². The molecule has 0 saturated carbocycles. The number of nitrogens with zero attached hydrogens (tertiary/aromatic N) is 1. The number of aryl methyl sites for hydroxylation is 1. The van der Waals surface area contributed by atoms with E-state index in [-0.39, 0.29) is 42.1 Å². The fourth-order valence-corrected chi connectivity index (χ4v) is 4.61. The Bertz CT molecular complexity index is 670. The largest absolute Gasteiger partial charge is 0.331 e. The van der Waals surface area contributed by atoms with Crippen molar-refractivity contribution in [3.8, 4) is 0 Å². The molecular weight excluding hydrogens is 312 g/mol. The van der Waals surface area contributed by atoms with Crippen LogP contribution in [0.25, 0.3) is 0 Å². The quantitative estimate of drug-likeness (QED) is 0.921. The molecule has 1 saturated heterocycles. The highest BCUT2D eigenvalue weighted by Crippen LogP contribution is 2.25. The number of amides is 2. The van der Waals surface area contributed by atoms with Gasteiger partial charge in [0.1, 0.15) is 0 Å². The summed E-state index contributed by atoms with van der Waals surface area (Å²) in [6.07, 6.45) is 0. The third-order valence-electron chi connectivity index (χ3n) is 4.40. The summed E-state index contributed by atoms with van der Waals surface area (Å²) < 4.78 is 23.3. The fraction of sp³-hybridized carbons (Fsp3) is 0.588. The van der Waals surface area contributed by atoms with Crippen LogP contribution in [0.2, 0.25) is 0 Å². The average Bonchev–Trinajstić information content (AvgIpc) is 2.44. The van der Waals surface area contributed by atoms with Crippen LogP contribution in [-0.4, -0.2) is 43.4 Å². The molecule has 1 fully saturated rings. The standard InChI is InChI=1S/C17H26N2O3S/c1-12(2)16(15-8-6-5-7-13(15)3)18-17(20)19-9-10-23(21,22)11-14(19)4/h5-8,12,14,16H,9-11H2,1-4H3,(H,18,20). The van der Waals surface area contributed by atoms with Crippen molar-refractivity contribution >= 4 is 15.9 Å². The van der Waals surface area contributed by atoms with Crippen molar-refractivity contribution in [2.75, 3.05) is 18.1 Å². The fourth-order valence-electron chi connectivity index (χ4n) is 3.06. The van der Waals surface area contributed by atoms with Crippen LogP contribution in [0.4, 0.5) is 4.79 Å². The molecule has 1 aromatic carbocycles. The van der Waals surface area contributed by atoms with Crippen molar-refractivity contribution < 1.29 is 13.2 Å². The van der Waals surface area contributed by atoms with Crippen molar-refractivity contribution in [3.05, 3.63) is 35.4 Å². The molecule has 5 nitrogen and oxygen atoms in total. The number of rotatable bonds is 3. The van der Waals surface area contributed by atoms with Gasteiger partial charge < -0.3 is 10.2 Å². The van der Waals surface area contributed by atoms with Gasteiger partial charge in [-0.3, -0.25) is 0 Å². The third-order valence-corrected chi connectivity index (χ3v) is 6.20. The molecule has 1 N–H and O–H groups in total. The second-order valence-corrected chi connectivity index (χ2v) is 8.91. The number of hydrogen-bond donors (Lipinski definition) is 1. The molecule has 6 heteroatoms. The van der Waals surface area contributed by atoms with Gasteiger partial charge in [0, 0.05) is 12.6 Å². The van der Waals surface area contributed by atoms with Crippen LogP contribution in [0.3, 0.4) is 0 Å². The first-order valence-corrected chi connectivity index (χ1v) is 9.86. The molecule has 2 atom stereocenters. The molecule has 1 aliphatic rings. The first kappa shape index (κ1) is 17.8. The topological polar surface area (TPSA) is 66.5 Å². The lowest BCUT2D eigenvalue weighted by atomic mass is 9.93. The molecule has 2 unspecified atom stereocenters. The van der Waals surface area contributed by atoms with Crippen LogP contribution in [0.5, 0.6) is 0 Å². The molecule has 0 aromatic heterocycles. The first-order chi connectivity index (χ1) is 10.7. The molecule has 23 heavy (non-hydrogen) atoms. The van der Waals surface area contributed by atoms with Gasteiger partial charge in [-0.2, -0.15) is 0 Å². The lowest BCUT2D eigenvalue weighted by Crippen LogP contribution is -2.54. The van der Waals surface area contributed by atoms with Gasteiger partial charge in [0.25, 0.3) is 0 Å². The van der Waals surface area contributed by atoms with Gasteiger partial charge in [-0.25, -0.2) is 13.2 Å². The Labute approximate surface area is 139 Å². The second-order valence-electron chi connectivity index (χ2n) is 6.68. The number of hydrogen-bond acceptors (Lipinski definition) is 3. The van der Waals surface area contributed by atoms with Gasteiger partial charge in [0.05, 0.1) is 17.5 Å². The van der Waals surface area contributed by atoms with Crippen molar-refractivity contribution in [1.82, 2.24) is 10.2 Å². The van der Waals surface area contributed by atoms with Crippen LogP contribution in [0.1, 0.15) is 37.9 Å². The van der Waals surface area contributed by atoms with E-state index in [9.17, 15) is 13.2 Å². The number of sulfone groups is 1. The van der Waals surface area contributed by atoms with Crippen molar-refractivity contribution in [1.29, 1.82) is 0 Å². The molecule has 0 spiro atoms. The highest BCUT2D eigenvalue weighted by molar-refractivity contribution is 7.91. The molecule has 0 aliphatic carbocycles. The highest BCUT2D eigenvalue weighted by Gasteiger charge is 2.32. The number of urea groups is 1. The second kappa shape index (κ2) is 6.91. The van der Waals surface area contributed by atoms with Gasteiger partial charge >= 0.3 is 6.03 Å². The van der Waals surface area contributed by atoms with E-state index in [1.807, 2.05) is 31.2 Å². The Balaban J connectivity index is 2.15. The Hall–Kier alpha value is -1.56. The molecular formula is C17H26N2O3S. The molecule has 0 radical (unpaired) electrons. The smallest absolute Gasteiger partial charge is 0.318 e. The molecule has 0 bridgehead atoms. The van der Waals surface area contributed by atoms with E-state index < -0.39 is 9.84 Å². The van der Waals surface area contributed by atoms with Gasteiger partial charge in [-0.1, -0.05) is 38.1 Å². The van der Waals surface area contributed by atoms with Crippen LogP contribution >= 0.6 is 0 Å². The minimum atomic E-state index is -3.02. The zero-order valence-corrected chi connectivity index (χ0v) is 15.1. The lowest BCUT2D eigenvalue weighted by Gasteiger charge is -2.35. The SMILES string of the molecule is Cc1ccccc1C(NC(=O)N1CCS(=O)(=O)CC1C)C(C)C. The van der Waals surface area contributed by atoms with E-state index >= 15 is 0 Å². The number of nitrogens with one attached hydrogen (secondary N) is 1. The summed E-state index contributed by atoms with van der Waals surface area (Å²) in [7, 11) is -3.02. The first-order valence-electron chi connectivity index (χ1n) is 8.04. The van der Waals surface area contributed by atoms with Gasteiger partial charge in [0.15, 0.2) is 9.84 Å². The van der Waals surface area contributed by atoms with E-state index in [0.29, 0.717) is 0 Å². The third kappa shape index (κ3) is 4.25. The monoisotopic (exact) mass is 338 g/mol. The van der Waals surface area contributed by atoms with Crippen LogP contribution in [0, 0.1) is 12.8 Å². The maximum atomic E-state index is 12.6. The Morgan fingerprint density at radius 3 is 2.52 bits per heavy atom. The molecule has 128 valence electrons. The number of carbonyl (C=O) groups is 1. The highest BCUT2D eigenvalue weighted by atomic mass is 32.2. The Morgan fingerprint density at radius 1 is 1.30 bits per heavy atom. The zero-order chi connectivity index (χ0) is 17.2. The molecule has 1 heterocycles.